The highest BCUT2D eigenvalue weighted by atomic mass is 16.6. The molecule has 0 spiro atoms. The third-order valence-corrected chi connectivity index (χ3v) is 36.2. The lowest BCUT2D eigenvalue weighted by atomic mass is 9.47. The summed E-state index contributed by atoms with van der Waals surface area (Å²) in [4.78, 5) is 76.6. The number of hydrogen-bond donors (Lipinski definition) is 12. The number of carbonyl (C=O) groups is 6. The molecule has 10 unspecified atom stereocenters. The number of aromatic hydroxyl groups is 3. The zero-order chi connectivity index (χ0) is 101. The lowest BCUT2D eigenvalue weighted by Gasteiger charge is -2.60. The molecule has 12 aliphatic carbocycles. The molecule has 142 heavy (non-hydrogen) atoms. The average Bonchev–Trinajstić information content (AvgIpc) is 0.721. The van der Waals surface area contributed by atoms with E-state index in [1.54, 1.807) is 91.0 Å². The topological polar surface area (TPSA) is 361 Å². The molecule has 18 fully saturated rings. The molecule has 778 valence electrons. The van der Waals surface area contributed by atoms with Crippen LogP contribution in [0.3, 0.4) is 0 Å². The predicted octanol–water partition coefficient (Wildman–Crippen LogP) is 19.1. The quantitative estimate of drug-likeness (QED) is 0.0235. The SMILES string of the molecule is CC(C)(OC(=O)C12CC3CC(CC(O)(C3)C1)C2)C1CCNCC1.CC(C)(OC(=O)C1C2CC3CC(C2)C(O)C1C3)C1CCNCC1.CC(C)(OC(=O)CC12CC3CC(CC(O)(C3)C1)C2)C1CCNCC1.CC(C)(OC(=O)c1ccc(Oc2cccc(O)c2)cc1)C1CCNCC1.CC(C)(OC(=O)c1ccc2cc(O)ccc2c1)C1CCNCC1.CC(C)(OC(=O)c1cccc2cc(O)ccc12)C1CCNCC1. The van der Waals surface area contributed by atoms with Gasteiger partial charge in [-0.1, -0.05) is 30.3 Å². The van der Waals surface area contributed by atoms with Crippen molar-refractivity contribution in [2.24, 2.45) is 99.6 Å². The number of phenolic OH excluding ortho intramolecular Hbond substituents is 3. The number of aliphatic hydroxyl groups is 3. The van der Waals surface area contributed by atoms with Crippen LogP contribution in [0.2, 0.25) is 0 Å². The Morgan fingerprint density at radius 2 is 0.754 bits per heavy atom. The summed E-state index contributed by atoms with van der Waals surface area (Å²) in [6.07, 6.45) is 28.9. The summed E-state index contributed by atoms with van der Waals surface area (Å²) in [6, 6.07) is 34.4. The molecule has 6 heterocycles. The first-order valence-electron chi connectivity index (χ1n) is 54.2. The third kappa shape index (κ3) is 26.0. The first-order valence-corrected chi connectivity index (χ1v) is 54.2. The van der Waals surface area contributed by atoms with E-state index in [2.05, 4.69) is 73.4 Å². The maximum Gasteiger partial charge on any atom is 0.339 e. The fraction of sp³-hybridized carbons (Fsp3) is 0.675. The highest BCUT2D eigenvalue weighted by molar-refractivity contribution is 6.05. The number of aliphatic hydroxyl groups excluding tert-OH is 1. The number of piperidine rings is 6. The van der Waals surface area contributed by atoms with E-state index in [0.29, 0.717) is 112 Å². The van der Waals surface area contributed by atoms with Crippen molar-refractivity contribution in [1.29, 1.82) is 0 Å². The number of rotatable bonds is 21. The van der Waals surface area contributed by atoms with Crippen LogP contribution in [0.25, 0.3) is 21.5 Å². The van der Waals surface area contributed by atoms with E-state index in [1.807, 2.05) is 65.8 Å². The number of esters is 6. The first kappa shape index (κ1) is 106. The van der Waals surface area contributed by atoms with Crippen molar-refractivity contribution in [3.63, 3.8) is 0 Å². The molecule has 6 aromatic carbocycles. The largest absolute Gasteiger partial charge is 0.508 e. The average molecular weight is 1960 g/mol. The van der Waals surface area contributed by atoms with Gasteiger partial charge in [-0.25, -0.2) is 14.4 Å². The van der Waals surface area contributed by atoms with Crippen LogP contribution in [0, 0.1) is 99.6 Å². The van der Waals surface area contributed by atoms with Gasteiger partial charge in [0, 0.05) is 41.6 Å². The van der Waals surface area contributed by atoms with Crippen molar-refractivity contribution in [2.45, 2.75) is 320 Å². The van der Waals surface area contributed by atoms with E-state index in [1.165, 1.54) is 31.7 Å². The predicted molar refractivity (Wildman–Crippen MR) is 549 cm³/mol. The minimum Gasteiger partial charge on any atom is -0.508 e. The zero-order valence-corrected chi connectivity index (χ0v) is 86.8. The minimum atomic E-state index is -0.595. The lowest BCUT2D eigenvalue weighted by molar-refractivity contribution is -0.209. The Balaban J connectivity index is 0.000000123. The second-order valence-electron chi connectivity index (χ2n) is 49.1. The van der Waals surface area contributed by atoms with Crippen LogP contribution < -0.4 is 36.6 Å². The number of ether oxygens (including phenoxy) is 7. The third-order valence-electron chi connectivity index (χ3n) is 36.2. The van der Waals surface area contributed by atoms with E-state index in [-0.39, 0.29) is 82.0 Å². The van der Waals surface area contributed by atoms with Crippen LogP contribution in [0.1, 0.15) is 300 Å². The van der Waals surface area contributed by atoms with Crippen LogP contribution in [0.4, 0.5) is 0 Å². The summed E-state index contributed by atoms with van der Waals surface area (Å²) >= 11 is 0. The molecular formula is C117H166N6O19. The molecule has 18 aliphatic rings. The molecule has 12 bridgehead atoms. The molecular weight excluding hydrogens is 1790 g/mol. The number of benzene rings is 6. The maximum atomic E-state index is 13.1. The number of nitrogens with one attached hydrogen (secondary N) is 6. The Morgan fingerprint density at radius 3 is 1.24 bits per heavy atom. The fourth-order valence-corrected chi connectivity index (χ4v) is 29.3. The molecule has 25 heteroatoms. The number of fused-ring (bicyclic) bond motifs is 2. The van der Waals surface area contributed by atoms with Gasteiger partial charge in [-0.05, 0) is 501 Å². The molecule has 0 aromatic heterocycles. The van der Waals surface area contributed by atoms with Gasteiger partial charge in [-0.15, -0.1) is 0 Å². The molecule has 6 aromatic rings. The van der Waals surface area contributed by atoms with Crippen LogP contribution in [-0.4, -0.2) is 196 Å². The van der Waals surface area contributed by atoms with Gasteiger partial charge in [0.2, 0.25) is 0 Å². The van der Waals surface area contributed by atoms with E-state index in [0.717, 1.165) is 254 Å². The van der Waals surface area contributed by atoms with E-state index in [9.17, 15) is 59.4 Å². The molecule has 25 nitrogen and oxygen atoms in total. The molecule has 12 N–H and O–H groups in total. The molecule has 12 saturated carbocycles. The zero-order valence-electron chi connectivity index (χ0n) is 86.8. The summed E-state index contributed by atoms with van der Waals surface area (Å²) in [5, 5.41) is 84.5. The molecule has 0 radical (unpaired) electrons. The molecule has 6 saturated heterocycles. The van der Waals surface area contributed by atoms with Crippen molar-refractivity contribution in [1.82, 2.24) is 31.9 Å². The van der Waals surface area contributed by atoms with Gasteiger partial charge in [0.25, 0.3) is 0 Å². The lowest BCUT2D eigenvalue weighted by Crippen LogP contribution is -2.59. The molecule has 10 atom stereocenters. The fourth-order valence-electron chi connectivity index (χ4n) is 29.3. The summed E-state index contributed by atoms with van der Waals surface area (Å²) < 4.78 is 41.4. The Kier molecular flexibility index (Phi) is 33.1. The van der Waals surface area contributed by atoms with E-state index < -0.39 is 44.6 Å². The van der Waals surface area contributed by atoms with Crippen LogP contribution in [-0.2, 0) is 42.8 Å². The van der Waals surface area contributed by atoms with Crippen molar-refractivity contribution < 1.29 is 92.6 Å². The minimum absolute atomic E-state index is 0.0140. The Bertz CT molecular complexity index is 5300. The monoisotopic (exact) mass is 1960 g/mol. The summed E-state index contributed by atoms with van der Waals surface area (Å²) in [6.45, 7) is 36.4. The van der Waals surface area contributed by atoms with Gasteiger partial charge in [0.15, 0.2) is 0 Å². The van der Waals surface area contributed by atoms with Gasteiger partial charge in [-0.3, -0.25) is 14.4 Å². The number of hydrogen-bond acceptors (Lipinski definition) is 25. The highest BCUT2D eigenvalue weighted by Gasteiger charge is 2.63. The van der Waals surface area contributed by atoms with Crippen molar-refractivity contribution in [2.75, 3.05) is 78.5 Å². The molecule has 0 amide bonds. The summed E-state index contributed by atoms with van der Waals surface area (Å²) in [7, 11) is 0. The van der Waals surface area contributed by atoms with Gasteiger partial charge in [0.1, 0.15) is 62.4 Å². The molecule has 6 aliphatic heterocycles. The van der Waals surface area contributed by atoms with Gasteiger partial charge >= 0.3 is 35.8 Å². The maximum absolute atomic E-state index is 13.1. The van der Waals surface area contributed by atoms with Crippen molar-refractivity contribution >= 4 is 57.4 Å². The number of carbonyl (C=O) groups excluding carboxylic acids is 6. The Morgan fingerprint density at radius 1 is 0.352 bits per heavy atom. The van der Waals surface area contributed by atoms with Gasteiger partial charge in [-0.2, -0.15) is 0 Å². The standard InChI is InChI=1S/C21H25NO4.C20H33NO3.2C19H31NO3.2C19H23NO3/c1-21(2,16-10-12-22-13-11-16)26-20(24)15-6-8-18(9-7-15)25-19-5-3-4-17(23)14-19;1-18(2,16-3-5-21-6-4-16)24-17(22)12-19-8-14-7-15(9-19)11-20(23,10-14)13-19;1-17(2,15-3-5-20-6-4-15)23-16(21)18-8-13-7-14(9-18)11-19(22,10-13)12-18;1-19(2,14-3-5-20-6-4-14)23-18(22)16-12-7-11-8-13(10-12)17(21)15(16)9-11;1-19(2,16-7-9-20-10-8-16)23-18(22)15-4-3-14-12-17(21)6-5-13(14)11-15;1-19(2,14-8-10-20-11-9-14)23-18(22)17-5-3-4-13-12-15(21)6-7-16(13)17/h3-9,14,16,22-23H,10-13H2,1-2H3;14-16,21,23H,3-13H2,1-2H3;13-15,20,22H,3-12H2,1-2H3;11-17,20-21H,3-10H2,1-2H3;3-6,11-12,16,20-21H,7-10H2,1-2H3;3-7,12,14,20-21H,8-11H2,1-2H3. The van der Waals surface area contributed by atoms with Crippen LogP contribution in [0.15, 0.2) is 121 Å². The van der Waals surface area contributed by atoms with E-state index >= 15 is 0 Å². The molecule has 24 rings (SSSR count). The first-order chi connectivity index (χ1) is 67.4. The van der Waals surface area contributed by atoms with Crippen molar-refractivity contribution in [3.05, 3.63) is 138 Å². The Labute approximate surface area is 842 Å². The number of phenols is 3. The summed E-state index contributed by atoms with van der Waals surface area (Å²) in [5.74, 6) is 7.16. The highest BCUT2D eigenvalue weighted by Crippen LogP contribution is 2.65. The van der Waals surface area contributed by atoms with Gasteiger partial charge in [0.05, 0.1) is 51.8 Å². The second-order valence-corrected chi connectivity index (χ2v) is 49.1. The Hall–Kier alpha value is -8.50. The van der Waals surface area contributed by atoms with Gasteiger partial charge < -0.3 is 95.7 Å². The van der Waals surface area contributed by atoms with Crippen LogP contribution in [0.5, 0.6) is 28.7 Å². The smallest absolute Gasteiger partial charge is 0.339 e. The van der Waals surface area contributed by atoms with Crippen molar-refractivity contribution in [3.8, 4) is 28.7 Å². The van der Waals surface area contributed by atoms with E-state index in [4.69, 9.17) is 33.2 Å². The normalized spacial score (nSPS) is 29.4. The van der Waals surface area contributed by atoms with Crippen LogP contribution >= 0.6 is 0 Å². The second kappa shape index (κ2) is 44.3. The summed E-state index contributed by atoms with van der Waals surface area (Å²) in [5.41, 5.74) is -2.50.